The van der Waals surface area contributed by atoms with E-state index >= 15 is 0 Å². The largest absolute Gasteiger partial charge is 0.384 e. The Bertz CT molecular complexity index is 525. The smallest absolute Gasteiger partial charge is 0.105 e. The van der Waals surface area contributed by atoms with Crippen molar-refractivity contribution in [2.75, 3.05) is 0 Å². The summed E-state index contributed by atoms with van der Waals surface area (Å²) in [6.45, 7) is 0. The molecule has 17 heavy (non-hydrogen) atoms. The van der Waals surface area contributed by atoms with Gasteiger partial charge in [0.2, 0.25) is 0 Å². The number of rotatable bonds is 2. The fourth-order valence-corrected chi connectivity index (χ4v) is 2.32. The first-order chi connectivity index (χ1) is 8.08. The molecule has 1 N–H and O–H groups in total. The highest BCUT2D eigenvalue weighted by atomic mass is 79.9. The Morgan fingerprint density at radius 2 is 1.65 bits per heavy atom. The fourth-order valence-electron chi connectivity index (χ4n) is 1.55. The third-order valence-corrected chi connectivity index (χ3v) is 3.53. The van der Waals surface area contributed by atoms with Crippen molar-refractivity contribution in [1.82, 2.24) is 0 Å². The predicted molar refractivity (Wildman–Crippen MR) is 74.7 cm³/mol. The number of aliphatic hydroxyl groups is 1. The van der Waals surface area contributed by atoms with Gasteiger partial charge in [0.1, 0.15) is 6.10 Å². The highest BCUT2D eigenvalue weighted by Crippen LogP contribution is 2.30. The summed E-state index contributed by atoms with van der Waals surface area (Å²) in [5, 5.41) is 11.2. The van der Waals surface area contributed by atoms with E-state index in [9.17, 15) is 5.11 Å². The van der Waals surface area contributed by atoms with Gasteiger partial charge in [0.05, 0.1) is 0 Å². The third kappa shape index (κ3) is 3.02. The molecule has 2 aromatic rings. The van der Waals surface area contributed by atoms with Crippen LogP contribution in [0.15, 0.2) is 46.9 Å². The summed E-state index contributed by atoms with van der Waals surface area (Å²) in [6, 6.07) is 12.5. The van der Waals surface area contributed by atoms with Crippen molar-refractivity contribution in [2.24, 2.45) is 0 Å². The maximum Gasteiger partial charge on any atom is 0.105 e. The molecule has 0 fully saturated rings. The second-order valence-corrected chi connectivity index (χ2v) is 5.38. The Labute approximate surface area is 118 Å². The highest BCUT2D eigenvalue weighted by molar-refractivity contribution is 9.10. The predicted octanol–water partition coefficient (Wildman–Crippen LogP) is 4.84. The molecule has 1 unspecified atom stereocenters. The van der Waals surface area contributed by atoms with E-state index < -0.39 is 6.10 Å². The Kier molecular flexibility index (Phi) is 4.10. The molecular formula is C13H9BrCl2O. The van der Waals surface area contributed by atoms with Gasteiger partial charge in [0.25, 0.3) is 0 Å². The molecule has 0 radical (unpaired) electrons. The molecule has 0 saturated heterocycles. The Balaban J connectivity index is 2.36. The maximum atomic E-state index is 10.2. The van der Waals surface area contributed by atoms with E-state index in [2.05, 4.69) is 15.9 Å². The van der Waals surface area contributed by atoms with Crippen LogP contribution in [0.4, 0.5) is 0 Å². The molecule has 1 atom stereocenters. The monoisotopic (exact) mass is 330 g/mol. The van der Waals surface area contributed by atoms with Crippen LogP contribution < -0.4 is 0 Å². The normalized spacial score (nSPS) is 12.5. The van der Waals surface area contributed by atoms with Gasteiger partial charge in [0.15, 0.2) is 0 Å². The van der Waals surface area contributed by atoms with Crippen LogP contribution in [0.1, 0.15) is 17.2 Å². The molecule has 0 heterocycles. The van der Waals surface area contributed by atoms with Crippen molar-refractivity contribution in [3.8, 4) is 0 Å². The minimum atomic E-state index is -0.743. The number of hydrogen-bond donors (Lipinski definition) is 1. The topological polar surface area (TPSA) is 20.2 Å². The van der Waals surface area contributed by atoms with E-state index in [1.807, 2.05) is 24.3 Å². The molecule has 0 bridgehead atoms. The third-order valence-electron chi connectivity index (χ3n) is 2.44. The van der Waals surface area contributed by atoms with Gasteiger partial charge >= 0.3 is 0 Å². The van der Waals surface area contributed by atoms with Crippen molar-refractivity contribution >= 4 is 39.1 Å². The molecule has 2 rings (SSSR count). The van der Waals surface area contributed by atoms with Crippen LogP contribution in [0.2, 0.25) is 10.0 Å². The van der Waals surface area contributed by atoms with Gasteiger partial charge in [-0.1, -0.05) is 57.3 Å². The maximum absolute atomic E-state index is 10.2. The van der Waals surface area contributed by atoms with E-state index in [0.717, 1.165) is 10.0 Å². The van der Waals surface area contributed by atoms with Crippen molar-refractivity contribution < 1.29 is 5.11 Å². The molecule has 0 spiro atoms. The van der Waals surface area contributed by atoms with Gasteiger partial charge in [-0.15, -0.1) is 0 Å². The lowest BCUT2D eigenvalue weighted by Crippen LogP contribution is -2.00. The molecule has 0 aliphatic heterocycles. The van der Waals surface area contributed by atoms with E-state index in [-0.39, 0.29) is 0 Å². The highest BCUT2D eigenvalue weighted by Gasteiger charge is 2.13. The van der Waals surface area contributed by atoms with Crippen LogP contribution in [0, 0.1) is 0 Å². The lowest BCUT2D eigenvalue weighted by molar-refractivity contribution is 0.220. The lowest BCUT2D eigenvalue weighted by atomic mass is 10.0. The Morgan fingerprint density at radius 3 is 2.24 bits per heavy atom. The van der Waals surface area contributed by atoms with Crippen LogP contribution >= 0.6 is 39.1 Å². The molecule has 88 valence electrons. The first-order valence-electron chi connectivity index (χ1n) is 4.96. The van der Waals surface area contributed by atoms with E-state index in [4.69, 9.17) is 23.2 Å². The Morgan fingerprint density at radius 1 is 1.00 bits per heavy atom. The van der Waals surface area contributed by atoms with Crippen LogP contribution in [0.3, 0.4) is 0 Å². The summed E-state index contributed by atoms with van der Waals surface area (Å²) in [7, 11) is 0. The minimum absolute atomic E-state index is 0.466. The number of halogens is 3. The molecule has 0 saturated carbocycles. The number of hydrogen-bond acceptors (Lipinski definition) is 1. The summed E-state index contributed by atoms with van der Waals surface area (Å²) in [6.07, 6.45) is -0.743. The average Bonchev–Trinajstić information content (AvgIpc) is 2.29. The van der Waals surface area contributed by atoms with Gasteiger partial charge in [-0.25, -0.2) is 0 Å². The fraction of sp³-hybridized carbons (Fsp3) is 0.0769. The molecule has 0 aromatic heterocycles. The number of benzene rings is 2. The molecule has 0 aliphatic rings. The van der Waals surface area contributed by atoms with Crippen molar-refractivity contribution in [3.63, 3.8) is 0 Å². The van der Waals surface area contributed by atoms with Gasteiger partial charge < -0.3 is 5.11 Å². The zero-order chi connectivity index (χ0) is 12.4. The minimum Gasteiger partial charge on any atom is -0.384 e. The van der Waals surface area contributed by atoms with Crippen molar-refractivity contribution in [1.29, 1.82) is 0 Å². The first-order valence-corrected chi connectivity index (χ1v) is 6.51. The van der Waals surface area contributed by atoms with Crippen molar-refractivity contribution in [3.05, 3.63) is 68.1 Å². The molecule has 0 amide bonds. The second kappa shape index (κ2) is 5.40. The van der Waals surface area contributed by atoms with Crippen molar-refractivity contribution in [2.45, 2.75) is 6.10 Å². The lowest BCUT2D eigenvalue weighted by Gasteiger charge is -2.13. The van der Waals surface area contributed by atoms with Crippen LogP contribution in [0.5, 0.6) is 0 Å². The second-order valence-electron chi connectivity index (χ2n) is 3.62. The standard InChI is InChI=1S/C13H9BrCl2O/c14-9-3-1-8(2-4-9)13(17)11-6-5-10(15)7-12(11)16/h1-7,13,17H. The average molecular weight is 332 g/mol. The van der Waals surface area contributed by atoms with Gasteiger partial charge in [0, 0.05) is 20.1 Å². The molecule has 1 nitrogen and oxygen atoms in total. The zero-order valence-corrected chi connectivity index (χ0v) is 11.8. The summed E-state index contributed by atoms with van der Waals surface area (Å²) in [5.74, 6) is 0. The van der Waals surface area contributed by atoms with Crippen LogP contribution in [0.25, 0.3) is 0 Å². The molecule has 4 heteroatoms. The SMILES string of the molecule is OC(c1ccc(Br)cc1)c1ccc(Cl)cc1Cl. The summed E-state index contributed by atoms with van der Waals surface area (Å²) < 4.78 is 0.968. The Hall–Kier alpha value is -0.540. The van der Waals surface area contributed by atoms with E-state index in [1.54, 1.807) is 18.2 Å². The molecular weight excluding hydrogens is 323 g/mol. The molecule has 2 aromatic carbocycles. The van der Waals surface area contributed by atoms with Crippen LogP contribution in [-0.2, 0) is 0 Å². The quantitative estimate of drug-likeness (QED) is 0.835. The van der Waals surface area contributed by atoms with Crippen LogP contribution in [-0.4, -0.2) is 5.11 Å². The van der Waals surface area contributed by atoms with Gasteiger partial charge in [-0.2, -0.15) is 0 Å². The summed E-state index contributed by atoms with van der Waals surface area (Å²) in [4.78, 5) is 0. The number of aliphatic hydroxyl groups excluding tert-OH is 1. The summed E-state index contributed by atoms with van der Waals surface area (Å²) in [5.41, 5.74) is 1.44. The molecule has 0 aliphatic carbocycles. The van der Waals surface area contributed by atoms with Gasteiger partial charge in [-0.05, 0) is 29.8 Å². The van der Waals surface area contributed by atoms with E-state index in [1.165, 1.54) is 0 Å². The van der Waals surface area contributed by atoms with E-state index in [0.29, 0.717) is 15.6 Å². The van der Waals surface area contributed by atoms with Gasteiger partial charge in [-0.3, -0.25) is 0 Å². The first kappa shape index (κ1) is 12.9. The zero-order valence-electron chi connectivity index (χ0n) is 8.70. The summed E-state index contributed by atoms with van der Waals surface area (Å²) >= 11 is 15.2.